The van der Waals surface area contributed by atoms with E-state index in [-0.39, 0.29) is 5.82 Å². The largest absolute Gasteiger partial charge is 0.360 e. The number of halogens is 2. The molecule has 1 aliphatic heterocycles. The van der Waals surface area contributed by atoms with Gasteiger partial charge in [0, 0.05) is 21.8 Å². The van der Waals surface area contributed by atoms with Crippen molar-refractivity contribution in [3.8, 4) is 11.3 Å². The van der Waals surface area contributed by atoms with Gasteiger partial charge < -0.3 is 14.3 Å². The van der Waals surface area contributed by atoms with Gasteiger partial charge in [-0.15, -0.1) is 0 Å². The summed E-state index contributed by atoms with van der Waals surface area (Å²) in [5.41, 5.74) is 5.34. The molecule has 28 heavy (non-hydrogen) atoms. The van der Waals surface area contributed by atoms with Crippen LogP contribution in [0.5, 0.6) is 0 Å². The molecule has 1 fully saturated rings. The van der Waals surface area contributed by atoms with Crippen molar-refractivity contribution in [3.63, 3.8) is 0 Å². The first-order valence-electron chi connectivity index (χ1n) is 9.57. The Kier molecular flexibility index (Phi) is 5.38. The van der Waals surface area contributed by atoms with Crippen LogP contribution in [0.15, 0.2) is 47.0 Å². The zero-order valence-electron chi connectivity index (χ0n) is 16.1. The van der Waals surface area contributed by atoms with E-state index in [0.29, 0.717) is 0 Å². The Balaban J connectivity index is 1.41. The van der Waals surface area contributed by atoms with Crippen LogP contribution in [0.1, 0.15) is 16.8 Å². The van der Waals surface area contributed by atoms with Gasteiger partial charge in [0.05, 0.1) is 26.2 Å². The summed E-state index contributed by atoms with van der Waals surface area (Å²) >= 11 is 6.18. The lowest BCUT2D eigenvalue weighted by molar-refractivity contribution is -0.914. The lowest BCUT2D eigenvalue weighted by Crippen LogP contribution is -3.13. The van der Waals surface area contributed by atoms with Crippen LogP contribution in [0.25, 0.3) is 11.3 Å². The number of piperazine rings is 1. The highest BCUT2D eigenvalue weighted by molar-refractivity contribution is 6.30. The van der Waals surface area contributed by atoms with E-state index in [1.54, 1.807) is 12.1 Å². The number of nitrogens with one attached hydrogen (secondary N) is 1. The second-order valence-electron chi connectivity index (χ2n) is 7.43. The van der Waals surface area contributed by atoms with Crippen LogP contribution in [-0.2, 0) is 6.54 Å². The molecule has 2 heterocycles. The minimum atomic E-state index is -0.251. The second kappa shape index (κ2) is 7.94. The fourth-order valence-electron chi connectivity index (χ4n) is 3.80. The predicted octanol–water partition coefficient (Wildman–Crippen LogP) is 3.66. The Hall–Kier alpha value is -2.37. The van der Waals surface area contributed by atoms with E-state index in [1.807, 2.05) is 13.0 Å². The van der Waals surface area contributed by atoms with Crippen molar-refractivity contribution in [2.24, 2.45) is 0 Å². The summed E-state index contributed by atoms with van der Waals surface area (Å²) < 4.78 is 18.7. The van der Waals surface area contributed by atoms with E-state index in [2.05, 4.69) is 29.1 Å². The summed E-state index contributed by atoms with van der Waals surface area (Å²) in [4.78, 5) is 3.89. The van der Waals surface area contributed by atoms with Gasteiger partial charge in [-0.25, -0.2) is 4.39 Å². The van der Waals surface area contributed by atoms with Crippen molar-refractivity contribution >= 4 is 17.3 Å². The molecule has 2 aromatic carbocycles. The molecule has 146 valence electrons. The number of aryl methyl sites for hydroxylation is 1. The third-order valence-electron chi connectivity index (χ3n) is 5.53. The Morgan fingerprint density at radius 3 is 2.54 bits per heavy atom. The standard InChI is InChI=1S/C22H23ClFN3O/c1-15-3-6-18(23)13-21(15)27-11-9-26(10-12-27)14-20-16(2)22(28-25-20)17-4-7-19(24)8-5-17/h3-8,13H,9-12,14H2,1-2H3/p+1. The normalized spacial score (nSPS) is 15.2. The van der Waals surface area contributed by atoms with Gasteiger partial charge in [0.2, 0.25) is 0 Å². The van der Waals surface area contributed by atoms with Gasteiger partial charge in [0.25, 0.3) is 0 Å². The molecule has 0 bridgehead atoms. The molecule has 6 heteroatoms. The first-order chi connectivity index (χ1) is 13.5. The van der Waals surface area contributed by atoms with Crippen LogP contribution in [0, 0.1) is 19.7 Å². The molecule has 4 rings (SSSR count). The molecule has 0 saturated carbocycles. The van der Waals surface area contributed by atoms with Gasteiger partial charge in [-0.1, -0.05) is 22.8 Å². The molecule has 0 aliphatic carbocycles. The van der Waals surface area contributed by atoms with E-state index in [1.165, 1.54) is 28.3 Å². The average molecular weight is 401 g/mol. The number of anilines is 1. The molecule has 0 amide bonds. The van der Waals surface area contributed by atoms with E-state index in [9.17, 15) is 4.39 Å². The zero-order chi connectivity index (χ0) is 19.7. The van der Waals surface area contributed by atoms with E-state index in [4.69, 9.17) is 16.1 Å². The third-order valence-corrected chi connectivity index (χ3v) is 5.76. The molecule has 0 unspecified atom stereocenters. The predicted molar refractivity (Wildman–Crippen MR) is 109 cm³/mol. The molecule has 0 spiro atoms. The minimum Gasteiger partial charge on any atom is -0.360 e. The quantitative estimate of drug-likeness (QED) is 0.725. The molecule has 1 N–H and O–H groups in total. The maximum Gasteiger partial charge on any atom is 0.170 e. The Morgan fingerprint density at radius 1 is 1.11 bits per heavy atom. The lowest BCUT2D eigenvalue weighted by Gasteiger charge is -2.34. The monoisotopic (exact) mass is 400 g/mol. The van der Waals surface area contributed by atoms with Crippen molar-refractivity contribution in [2.45, 2.75) is 20.4 Å². The number of hydrogen-bond donors (Lipinski definition) is 1. The van der Waals surface area contributed by atoms with Crippen LogP contribution in [0.2, 0.25) is 5.02 Å². The summed E-state index contributed by atoms with van der Waals surface area (Å²) in [7, 11) is 0. The summed E-state index contributed by atoms with van der Waals surface area (Å²) in [6.07, 6.45) is 0. The van der Waals surface area contributed by atoms with Gasteiger partial charge in [0.15, 0.2) is 5.76 Å². The van der Waals surface area contributed by atoms with Crippen LogP contribution in [0.4, 0.5) is 10.1 Å². The van der Waals surface area contributed by atoms with Gasteiger partial charge in [0.1, 0.15) is 18.1 Å². The molecule has 4 nitrogen and oxygen atoms in total. The Morgan fingerprint density at radius 2 is 1.82 bits per heavy atom. The third kappa shape index (κ3) is 3.91. The van der Waals surface area contributed by atoms with Crippen LogP contribution in [-0.4, -0.2) is 31.3 Å². The van der Waals surface area contributed by atoms with E-state index < -0.39 is 0 Å². The summed E-state index contributed by atoms with van der Waals surface area (Å²) in [5.74, 6) is 0.473. The van der Waals surface area contributed by atoms with Crippen molar-refractivity contribution < 1.29 is 13.8 Å². The number of benzene rings is 2. The highest BCUT2D eigenvalue weighted by Crippen LogP contribution is 2.26. The summed E-state index contributed by atoms with van der Waals surface area (Å²) in [6.45, 7) is 9.01. The molecule has 0 radical (unpaired) electrons. The van der Waals surface area contributed by atoms with E-state index in [0.717, 1.165) is 60.3 Å². The van der Waals surface area contributed by atoms with Crippen molar-refractivity contribution in [1.29, 1.82) is 0 Å². The maximum atomic E-state index is 13.2. The van der Waals surface area contributed by atoms with Crippen molar-refractivity contribution in [1.82, 2.24) is 5.16 Å². The molecule has 1 aromatic heterocycles. The van der Waals surface area contributed by atoms with Gasteiger partial charge in [-0.2, -0.15) is 0 Å². The van der Waals surface area contributed by atoms with Crippen LogP contribution >= 0.6 is 11.6 Å². The van der Waals surface area contributed by atoms with Gasteiger partial charge in [-0.05, 0) is 55.8 Å². The Labute approximate surface area is 169 Å². The first-order valence-corrected chi connectivity index (χ1v) is 9.95. The maximum absolute atomic E-state index is 13.2. The Bertz CT molecular complexity index is 962. The van der Waals surface area contributed by atoms with Gasteiger partial charge in [-0.3, -0.25) is 0 Å². The number of aromatic nitrogens is 1. The highest BCUT2D eigenvalue weighted by atomic mass is 35.5. The van der Waals surface area contributed by atoms with Crippen LogP contribution in [0.3, 0.4) is 0 Å². The summed E-state index contributed by atoms with van der Waals surface area (Å²) in [5, 5.41) is 5.07. The van der Waals surface area contributed by atoms with Gasteiger partial charge >= 0.3 is 0 Å². The average Bonchev–Trinajstić information content (AvgIpc) is 3.05. The first kappa shape index (κ1) is 19.0. The fourth-order valence-corrected chi connectivity index (χ4v) is 3.97. The highest BCUT2D eigenvalue weighted by Gasteiger charge is 2.24. The number of rotatable bonds is 4. The smallest absolute Gasteiger partial charge is 0.170 e. The molecular formula is C22H24ClFN3O+. The number of quaternary nitrogens is 1. The summed E-state index contributed by atoms with van der Waals surface area (Å²) in [6, 6.07) is 12.4. The zero-order valence-corrected chi connectivity index (χ0v) is 16.9. The SMILES string of the molecule is Cc1ccc(Cl)cc1N1CC[NH+](Cc2noc(-c3ccc(F)cc3)c2C)CC1. The van der Waals surface area contributed by atoms with Crippen molar-refractivity contribution in [2.75, 3.05) is 31.1 Å². The van der Waals surface area contributed by atoms with Crippen molar-refractivity contribution in [3.05, 3.63) is 70.1 Å². The second-order valence-corrected chi connectivity index (χ2v) is 7.87. The minimum absolute atomic E-state index is 0.251. The molecule has 3 aromatic rings. The van der Waals surface area contributed by atoms with Crippen LogP contribution < -0.4 is 9.80 Å². The molecule has 1 saturated heterocycles. The molecular weight excluding hydrogens is 377 g/mol. The molecule has 0 atom stereocenters. The fraction of sp³-hybridized carbons (Fsp3) is 0.318. The van der Waals surface area contributed by atoms with E-state index >= 15 is 0 Å². The number of hydrogen-bond acceptors (Lipinski definition) is 3. The number of nitrogens with zero attached hydrogens (tertiary/aromatic N) is 2. The molecule has 1 aliphatic rings. The lowest BCUT2D eigenvalue weighted by atomic mass is 10.1. The topological polar surface area (TPSA) is 33.7 Å².